The molecule has 1 heterocycles. The summed E-state index contributed by atoms with van der Waals surface area (Å²) in [7, 11) is 1.65. The molecule has 4 heteroatoms. The highest BCUT2D eigenvalue weighted by molar-refractivity contribution is 5.94. The van der Waals surface area contributed by atoms with Crippen molar-refractivity contribution in [1.82, 2.24) is 10.3 Å². The van der Waals surface area contributed by atoms with Crippen molar-refractivity contribution in [2.24, 2.45) is 0 Å². The summed E-state index contributed by atoms with van der Waals surface area (Å²) in [6.07, 6.45) is 2.41. The normalized spacial score (nSPS) is 10.4. The minimum absolute atomic E-state index is 0.103. The number of rotatable bonds is 6. The third-order valence-electron chi connectivity index (χ3n) is 3.18. The van der Waals surface area contributed by atoms with Gasteiger partial charge in [-0.1, -0.05) is 29.8 Å². The van der Waals surface area contributed by atoms with Gasteiger partial charge in [-0.15, -0.1) is 0 Å². The van der Waals surface area contributed by atoms with Crippen molar-refractivity contribution in [2.45, 2.75) is 13.3 Å². The lowest BCUT2D eigenvalue weighted by Crippen LogP contribution is -2.25. The topological polar surface area (TPSA) is 51.2 Å². The predicted octanol–water partition coefficient (Wildman–Crippen LogP) is 2.82. The van der Waals surface area contributed by atoms with E-state index in [-0.39, 0.29) is 5.91 Å². The van der Waals surface area contributed by atoms with Gasteiger partial charge in [-0.05, 0) is 25.5 Å². The van der Waals surface area contributed by atoms with Gasteiger partial charge < -0.3 is 10.1 Å². The first kappa shape index (κ1) is 15.2. The number of nitrogens with one attached hydrogen (secondary N) is 1. The summed E-state index contributed by atoms with van der Waals surface area (Å²) in [6, 6.07) is 11.8. The van der Waals surface area contributed by atoms with E-state index in [0.29, 0.717) is 18.7 Å². The molecule has 2 rings (SSSR count). The summed E-state index contributed by atoms with van der Waals surface area (Å²) in [5.74, 6) is -0.103. The molecule has 0 aliphatic heterocycles. The Kier molecular flexibility index (Phi) is 5.46. The second kappa shape index (κ2) is 7.55. The molecule has 1 amide bonds. The number of ether oxygens (including phenoxy) is 1. The summed E-state index contributed by atoms with van der Waals surface area (Å²) in [5.41, 5.74) is 3.70. The Labute approximate surface area is 125 Å². The number of aryl methyl sites for hydroxylation is 1. The third-order valence-corrected chi connectivity index (χ3v) is 3.18. The Morgan fingerprint density at radius 1 is 1.19 bits per heavy atom. The van der Waals surface area contributed by atoms with Crippen molar-refractivity contribution in [1.29, 1.82) is 0 Å². The number of methoxy groups -OCH3 is 1. The maximum Gasteiger partial charge on any atom is 0.252 e. The predicted molar refractivity (Wildman–Crippen MR) is 83.2 cm³/mol. The van der Waals surface area contributed by atoms with Crippen LogP contribution in [0.3, 0.4) is 0 Å². The minimum atomic E-state index is -0.103. The second-order valence-electron chi connectivity index (χ2n) is 4.90. The van der Waals surface area contributed by atoms with E-state index in [1.807, 2.05) is 37.3 Å². The number of benzene rings is 1. The van der Waals surface area contributed by atoms with Crippen LogP contribution in [-0.2, 0) is 4.74 Å². The van der Waals surface area contributed by atoms with Crippen LogP contribution in [0.4, 0.5) is 0 Å². The standard InChI is InChI=1S/C17H20N2O2/c1-13-4-6-14(7-5-13)16-9-8-15(12-19-16)17(20)18-10-3-11-21-2/h4-9,12H,3,10-11H2,1-2H3,(H,18,20). The van der Waals surface area contributed by atoms with Crippen LogP contribution < -0.4 is 5.32 Å². The molecule has 0 saturated carbocycles. The molecule has 1 aromatic carbocycles. The fourth-order valence-corrected chi connectivity index (χ4v) is 1.94. The number of hydrogen-bond acceptors (Lipinski definition) is 3. The Bertz CT molecular complexity index is 577. The molecule has 21 heavy (non-hydrogen) atoms. The zero-order valence-corrected chi connectivity index (χ0v) is 12.4. The summed E-state index contributed by atoms with van der Waals surface area (Å²) in [5, 5.41) is 2.84. The molecule has 0 bridgehead atoms. The van der Waals surface area contributed by atoms with Crippen LogP contribution in [0.25, 0.3) is 11.3 Å². The quantitative estimate of drug-likeness (QED) is 0.830. The molecular formula is C17H20N2O2. The summed E-state index contributed by atoms with van der Waals surface area (Å²) < 4.78 is 4.94. The number of nitrogens with zero attached hydrogens (tertiary/aromatic N) is 1. The molecule has 0 aliphatic carbocycles. The highest BCUT2D eigenvalue weighted by Gasteiger charge is 2.06. The van der Waals surface area contributed by atoms with Crippen LogP contribution in [0, 0.1) is 6.92 Å². The lowest BCUT2D eigenvalue weighted by molar-refractivity contribution is 0.0948. The van der Waals surface area contributed by atoms with Crippen LogP contribution in [0.15, 0.2) is 42.6 Å². The first-order chi connectivity index (χ1) is 10.2. The van der Waals surface area contributed by atoms with E-state index in [0.717, 1.165) is 17.7 Å². The van der Waals surface area contributed by atoms with Gasteiger partial charge >= 0.3 is 0 Å². The van der Waals surface area contributed by atoms with E-state index in [9.17, 15) is 4.79 Å². The molecule has 2 aromatic rings. The maximum absolute atomic E-state index is 11.9. The van der Waals surface area contributed by atoms with E-state index >= 15 is 0 Å². The van der Waals surface area contributed by atoms with Gasteiger partial charge in [0.1, 0.15) is 0 Å². The van der Waals surface area contributed by atoms with Gasteiger partial charge in [0, 0.05) is 32.0 Å². The number of amides is 1. The average molecular weight is 284 g/mol. The molecule has 1 N–H and O–H groups in total. The van der Waals surface area contributed by atoms with Gasteiger partial charge in [0.2, 0.25) is 0 Å². The van der Waals surface area contributed by atoms with E-state index in [1.54, 1.807) is 19.4 Å². The monoisotopic (exact) mass is 284 g/mol. The highest BCUT2D eigenvalue weighted by atomic mass is 16.5. The molecular weight excluding hydrogens is 264 g/mol. The minimum Gasteiger partial charge on any atom is -0.385 e. The van der Waals surface area contributed by atoms with Crippen molar-refractivity contribution >= 4 is 5.91 Å². The van der Waals surface area contributed by atoms with Crippen molar-refractivity contribution in [3.8, 4) is 11.3 Å². The zero-order chi connectivity index (χ0) is 15.1. The van der Waals surface area contributed by atoms with Crippen molar-refractivity contribution in [3.63, 3.8) is 0 Å². The van der Waals surface area contributed by atoms with Gasteiger partial charge in [0.25, 0.3) is 5.91 Å². The molecule has 110 valence electrons. The number of pyridine rings is 1. The van der Waals surface area contributed by atoms with Crippen LogP contribution >= 0.6 is 0 Å². The van der Waals surface area contributed by atoms with Crippen LogP contribution in [0.1, 0.15) is 22.3 Å². The number of carbonyl (C=O) groups excluding carboxylic acids is 1. The molecule has 0 unspecified atom stereocenters. The van der Waals surface area contributed by atoms with E-state index in [4.69, 9.17) is 4.74 Å². The van der Waals surface area contributed by atoms with Crippen molar-refractivity contribution in [2.75, 3.05) is 20.3 Å². The second-order valence-corrected chi connectivity index (χ2v) is 4.90. The summed E-state index contributed by atoms with van der Waals surface area (Å²) in [4.78, 5) is 16.3. The maximum atomic E-state index is 11.9. The number of aromatic nitrogens is 1. The third kappa shape index (κ3) is 4.39. The smallest absolute Gasteiger partial charge is 0.252 e. The van der Waals surface area contributed by atoms with E-state index in [1.165, 1.54) is 5.56 Å². The lowest BCUT2D eigenvalue weighted by atomic mass is 10.1. The van der Waals surface area contributed by atoms with Crippen LogP contribution in [0.2, 0.25) is 0 Å². The molecule has 4 nitrogen and oxygen atoms in total. The lowest BCUT2D eigenvalue weighted by Gasteiger charge is -2.06. The Hall–Kier alpha value is -2.20. The highest BCUT2D eigenvalue weighted by Crippen LogP contribution is 2.17. The Morgan fingerprint density at radius 2 is 1.95 bits per heavy atom. The summed E-state index contributed by atoms with van der Waals surface area (Å²) >= 11 is 0. The first-order valence-electron chi connectivity index (χ1n) is 7.01. The van der Waals surface area contributed by atoms with Crippen molar-refractivity contribution in [3.05, 3.63) is 53.7 Å². The molecule has 0 spiro atoms. The zero-order valence-electron chi connectivity index (χ0n) is 12.4. The Balaban J connectivity index is 1.98. The van der Waals surface area contributed by atoms with E-state index < -0.39 is 0 Å². The van der Waals surface area contributed by atoms with Crippen LogP contribution in [0.5, 0.6) is 0 Å². The van der Waals surface area contributed by atoms with Gasteiger partial charge in [0.05, 0.1) is 11.3 Å². The van der Waals surface area contributed by atoms with Gasteiger partial charge in [-0.3, -0.25) is 9.78 Å². The molecule has 1 aromatic heterocycles. The fourth-order valence-electron chi connectivity index (χ4n) is 1.94. The number of carbonyl (C=O) groups is 1. The van der Waals surface area contributed by atoms with Gasteiger partial charge in [-0.25, -0.2) is 0 Å². The first-order valence-corrected chi connectivity index (χ1v) is 7.01. The van der Waals surface area contributed by atoms with Crippen LogP contribution in [-0.4, -0.2) is 31.2 Å². The fraction of sp³-hybridized carbons (Fsp3) is 0.294. The Morgan fingerprint density at radius 3 is 2.57 bits per heavy atom. The molecule has 0 aliphatic rings. The van der Waals surface area contributed by atoms with Gasteiger partial charge in [-0.2, -0.15) is 0 Å². The largest absolute Gasteiger partial charge is 0.385 e. The summed E-state index contributed by atoms with van der Waals surface area (Å²) in [6.45, 7) is 3.30. The van der Waals surface area contributed by atoms with E-state index in [2.05, 4.69) is 10.3 Å². The molecule has 0 fully saturated rings. The SMILES string of the molecule is COCCCNC(=O)c1ccc(-c2ccc(C)cc2)nc1. The van der Waals surface area contributed by atoms with Gasteiger partial charge in [0.15, 0.2) is 0 Å². The molecule has 0 atom stereocenters. The van der Waals surface area contributed by atoms with Crippen molar-refractivity contribution < 1.29 is 9.53 Å². The molecule has 0 saturated heterocycles. The molecule has 0 radical (unpaired) electrons. The average Bonchev–Trinajstić information content (AvgIpc) is 2.52. The number of hydrogen-bond donors (Lipinski definition) is 1.